The van der Waals surface area contributed by atoms with Gasteiger partial charge < -0.3 is 0 Å². The average Bonchev–Trinajstić information content (AvgIpc) is 2.16. The highest BCUT2D eigenvalue weighted by Crippen LogP contribution is 2.23. The highest BCUT2D eigenvalue weighted by molar-refractivity contribution is 8.01. The standard InChI is InChI=1S/C12H24S3/c1-10-4-13-6-11(2)8-15-9-12(3)7-14-5-10/h10-12H,4-9H2,1-3H3. The molecule has 1 saturated heterocycles. The van der Waals surface area contributed by atoms with Gasteiger partial charge in [-0.1, -0.05) is 20.8 Å². The summed E-state index contributed by atoms with van der Waals surface area (Å²) in [7, 11) is 0. The normalized spacial score (nSPS) is 36.6. The summed E-state index contributed by atoms with van der Waals surface area (Å²) in [6.07, 6.45) is 0. The highest BCUT2D eigenvalue weighted by atomic mass is 32.2. The van der Waals surface area contributed by atoms with Gasteiger partial charge in [0.25, 0.3) is 0 Å². The van der Waals surface area contributed by atoms with E-state index in [0.717, 1.165) is 17.8 Å². The molecule has 1 rings (SSSR count). The van der Waals surface area contributed by atoms with Crippen LogP contribution in [0.1, 0.15) is 20.8 Å². The Morgan fingerprint density at radius 2 is 0.733 bits per heavy atom. The van der Waals surface area contributed by atoms with Gasteiger partial charge >= 0.3 is 0 Å². The molecule has 0 aliphatic carbocycles. The molecule has 0 amide bonds. The van der Waals surface area contributed by atoms with E-state index in [0.29, 0.717) is 0 Å². The van der Waals surface area contributed by atoms with Crippen molar-refractivity contribution in [3.63, 3.8) is 0 Å². The maximum absolute atomic E-state index is 2.40. The number of hydrogen-bond acceptors (Lipinski definition) is 3. The molecule has 0 aromatic heterocycles. The first kappa shape index (κ1) is 14.1. The molecular formula is C12H24S3. The lowest BCUT2D eigenvalue weighted by Gasteiger charge is -2.18. The van der Waals surface area contributed by atoms with E-state index >= 15 is 0 Å². The molecule has 0 N–H and O–H groups in total. The smallest absolute Gasteiger partial charge is 0.00338 e. The molecule has 1 aliphatic rings. The summed E-state index contributed by atoms with van der Waals surface area (Å²) in [6.45, 7) is 7.20. The van der Waals surface area contributed by atoms with Crippen LogP contribution in [0.5, 0.6) is 0 Å². The summed E-state index contributed by atoms with van der Waals surface area (Å²) in [6, 6.07) is 0. The highest BCUT2D eigenvalue weighted by Gasteiger charge is 2.10. The first-order valence-corrected chi connectivity index (χ1v) is 9.38. The van der Waals surface area contributed by atoms with Crippen LogP contribution in [0.25, 0.3) is 0 Å². The average molecular weight is 265 g/mol. The first-order chi connectivity index (χ1) is 7.18. The van der Waals surface area contributed by atoms with E-state index in [4.69, 9.17) is 0 Å². The van der Waals surface area contributed by atoms with Crippen LogP contribution in [0.2, 0.25) is 0 Å². The molecule has 0 nitrogen and oxygen atoms in total. The molecule has 0 aromatic carbocycles. The topological polar surface area (TPSA) is 0 Å². The molecule has 1 heterocycles. The number of rotatable bonds is 0. The molecule has 90 valence electrons. The number of thioether (sulfide) groups is 3. The molecule has 0 saturated carbocycles. The fraction of sp³-hybridized carbons (Fsp3) is 1.00. The van der Waals surface area contributed by atoms with Crippen LogP contribution in [0.4, 0.5) is 0 Å². The van der Waals surface area contributed by atoms with Gasteiger partial charge in [0.15, 0.2) is 0 Å². The van der Waals surface area contributed by atoms with E-state index in [1.54, 1.807) is 0 Å². The molecular weight excluding hydrogens is 240 g/mol. The predicted octanol–water partition coefficient (Wildman–Crippen LogP) is 4.11. The van der Waals surface area contributed by atoms with Crippen molar-refractivity contribution in [3.05, 3.63) is 0 Å². The zero-order valence-electron chi connectivity index (χ0n) is 10.2. The van der Waals surface area contributed by atoms with Crippen molar-refractivity contribution in [2.45, 2.75) is 20.8 Å². The van der Waals surface area contributed by atoms with Crippen molar-refractivity contribution in [2.24, 2.45) is 17.8 Å². The van der Waals surface area contributed by atoms with E-state index in [1.807, 2.05) is 0 Å². The Kier molecular flexibility index (Phi) is 7.70. The van der Waals surface area contributed by atoms with Crippen molar-refractivity contribution in [1.82, 2.24) is 0 Å². The maximum atomic E-state index is 2.40. The van der Waals surface area contributed by atoms with Gasteiger partial charge in [-0.3, -0.25) is 0 Å². The van der Waals surface area contributed by atoms with Crippen molar-refractivity contribution < 1.29 is 0 Å². The van der Waals surface area contributed by atoms with Crippen LogP contribution in [-0.4, -0.2) is 34.5 Å². The molecule has 0 spiro atoms. The maximum Gasteiger partial charge on any atom is -0.00338 e. The van der Waals surface area contributed by atoms with Crippen molar-refractivity contribution in [1.29, 1.82) is 0 Å². The summed E-state index contributed by atoms with van der Waals surface area (Å²) in [5, 5.41) is 0. The van der Waals surface area contributed by atoms with E-state index < -0.39 is 0 Å². The lowest BCUT2D eigenvalue weighted by molar-refractivity contribution is 0.723. The Bertz CT molecular complexity index is 120. The molecule has 0 bridgehead atoms. The van der Waals surface area contributed by atoms with Crippen molar-refractivity contribution >= 4 is 35.3 Å². The van der Waals surface area contributed by atoms with Gasteiger partial charge in [0.2, 0.25) is 0 Å². The van der Waals surface area contributed by atoms with Gasteiger partial charge in [0.1, 0.15) is 0 Å². The Labute approximate surface area is 108 Å². The van der Waals surface area contributed by atoms with Gasteiger partial charge in [-0.15, -0.1) is 0 Å². The zero-order valence-corrected chi connectivity index (χ0v) is 12.6. The molecule has 3 heteroatoms. The van der Waals surface area contributed by atoms with Crippen molar-refractivity contribution in [2.75, 3.05) is 34.5 Å². The lowest BCUT2D eigenvalue weighted by Crippen LogP contribution is -2.12. The monoisotopic (exact) mass is 264 g/mol. The Morgan fingerprint density at radius 3 is 0.933 bits per heavy atom. The predicted molar refractivity (Wildman–Crippen MR) is 79.5 cm³/mol. The fourth-order valence-corrected chi connectivity index (χ4v) is 5.53. The first-order valence-electron chi connectivity index (χ1n) is 5.91. The molecule has 0 aromatic rings. The van der Waals surface area contributed by atoms with E-state index in [9.17, 15) is 0 Å². The summed E-state index contributed by atoms with van der Waals surface area (Å²) in [4.78, 5) is 0. The Balaban J connectivity index is 2.30. The Hall–Kier alpha value is 1.05. The lowest BCUT2D eigenvalue weighted by atomic mass is 10.2. The summed E-state index contributed by atoms with van der Waals surface area (Å²) in [5.41, 5.74) is 0. The molecule has 0 unspecified atom stereocenters. The third-order valence-corrected chi connectivity index (χ3v) is 7.24. The minimum absolute atomic E-state index is 0.895. The van der Waals surface area contributed by atoms with E-state index in [1.165, 1.54) is 34.5 Å². The minimum atomic E-state index is 0.895. The third kappa shape index (κ3) is 7.06. The van der Waals surface area contributed by atoms with Gasteiger partial charge in [0.05, 0.1) is 0 Å². The van der Waals surface area contributed by atoms with Gasteiger partial charge in [-0.25, -0.2) is 0 Å². The summed E-state index contributed by atoms with van der Waals surface area (Å²) >= 11 is 6.47. The van der Waals surface area contributed by atoms with Crippen LogP contribution < -0.4 is 0 Å². The largest absolute Gasteiger partial charge is 0.161 e. The van der Waals surface area contributed by atoms with E-state index in [2.05, 4.69) is 56.1 Å². The summed E-state index contributed by atoms with van der Waals surface area (Å²) < 4.78 is 0. The summed E-state index contributed by atoms with van der Waals surface area (Å²) in [5.74, 6) is 10.8. The zero-order chi connectivity index (χ0) is 11.1. The van der Waals surface area contributed by atoms with Crippen LogP contribution in [-0.2, 0) is 0 Å². The van der Waals surface area contributed by atoms with Crippen LogP contribution in [0.3, 0.4) is 0 Å². The quantitative estimate of drug-likeness (QED) is 0.646. The van der Waals surface area contributed by atoms with Gasteiger partial charge in [0, 0.05) is 0 Å². The van der Waals surface area contributed by atoms with Crippen LogP contribution in [0.15, 0.2) is 0 Å². The second kappa shape index (κ2) is 8.19. The third-order valence-electron chi connectivity index (χ3n) is 2.41. The molecule has 0 atom stereocenters. The van der Waals surface area contributed by atoms with Gasteiger partial charge in [-0.05, 0) is 52.3 Å². The van der Waals surface area contributed by atoms with E-state index in [-0.39, 0.29) is 0 Å². The number of hydrogen-bond donors (Lipinski definition) is 0. The molecule has 0 radical (unpaired) electrons. The van der Waals surface area contributed by atoms with Gasteiger partial charge in [-0.2, -0.15) is 35.3 Å². The van der Waals surface area contributed by atoms with Crippen LogP contribution in [0, 0.1) is 17.8 Å². The fourth-order valence-electron chi connectivity index (χ4n) is 1.56. The molecule has 1 aliphatic heterocycles. The molecule has 1 fully saturated rings. The second-order valence-electron chi connectivity index (χ2n) is 4.93. The second-order valence-corrected chi connectivity index (χ2v) is 8.15. The Morgan fingerprint density at radius 1 is 0.533 bits per heavy atom. The van der Waals surface area contributed by atoms with Crippen molar-refractivity contribution in [3.8, 4) is 0 Å². The minimum Gasteiger partial charge on any atom is -0.161 e. The molecule has 15 heavy (non-hydrogen) atoms. The van der Waals surface area contributed by atoms with Crippen LogP contribution >= 0.6 is 35.3 Å². The SMILES string of the molecule is CC1CSCC(C)CSCC(C)CSC1.